The van der Waals surface area contributed by atoms with Gasteiger partial charge in [-0.1, -0.05) is 6.07 Å². The number of piperidine rings is 3. The monoisotopic (exact) mass is 400 g/mol. The number of fused-ring (bicyclic) bond motifs is 4. The smallest absolute Gasteiger partial charge is 0.246 e. The third-order valence-electron chi connectivity index (χ3n) is 6.63. The van der Waals surface area contributed by atoms with Crippen LogP contribution in [-0.2, 0) is 20.9 Å². The van der Waals surface area contributed by atoms with Crippen LogP contribution < -0.4 is 5.32 Å². The fourth-order valence-corrected chi connectivity index (χ4v) is 5.45. The lowest BCUT2D eigenvalue weighted by Crippen LogP contribution is -2.67. The van der Waals surface area contributed by atoms with E-state index in [4.69, 9.17) is 4.74 Å². The summed E-state index contributed by atoms with van der Waals surface area (Å²) in [5, 5.41) is 3.02. The molecule has 3 aliphatic heterocycles. The van der Waals surface area contributed by atoms with Gasteiger partial charge in [0.15, 0.2) is 0 Å². The van der Waals surface area contributed by atoms with Crippen LogP contribution in [0.1, 0.15) is 38.3 Å². The largest absolute Gasteiger partial charge is 0.372 e. The predicted molar refractivity (Wildman–Crippen MR) is 109 cm³/mol. The maximum Gasteiger partial charge on any atom is 0.246 e. The van der Waals surface area contributed by atoms with Gasteiger partial charge in [-0.25, -0.2) is 0 Å². The third-order valence-corrected chi connectivity index (χ3v) is 6.63. The standard InChI is InChI=1S/C22H32N4O3/c1-2-29-15-21(27)24-11-20-17-10-16(19-7-5-8-22(28)26(19)20)12-25(13-17)14-18-6-3-4-9-23-18/h3-4,6,9,16-17,19-20H,2,5,7-8,10-15H2,1H3,(H,24,27)/t16-,17+,19+,20+/m1/s1. The van der Waals surface area contributed by atoms with Crippen LogP contribution in [0.25, 0.3) is 0 Å². The molecule has 0 unspecified atom stereocenters. The first-order chi connectivity index (χ1) is 14.2. The minimum Gasteiger partial charge on any atom is -0.372 e. The number of amides is 2. The summed E-state index contributed by atoms with van der Waals surface area (Å²) >= 11 is 0. The van der Waals surface area contributed by atoms with Gasteiger partial charge in [-0.15, -0.1) is 0 Å². The molecule has 158 valence electrons. The maximum absolute atomic E-state index is 12.8. The molecule has 1 aromatic rings. The molecule has 3 saturated heterocycles. The Kier molecular flexibility index (Phi) is 6.45. The van der Waals surface area contributed by atoms with Gasteiger partial charge in [0.2, 0.25) is 11.8 Å². The van der Waals surface area contributed by atoms with Gasteiger partial charge in [-0.2, -0.15) is 0 Å². The summed E-state index contributed by atoms with van der Waals surface area (Å²) in [5.74, 6) is 1.05. The van der Waals surface area contributed by atoms with Crippen molar-refractivity contribution < 1.29 is 14.3 Å². The topological polar surface area (TPSA) is 74.8 Å². The maximum atomic E-state index is 12.8. The number of likely N-dealkylation sites (tertiary alicyclic amines) is 1. The fourth-order valence-electron chi connectivity index (χ4n) is 5.45. The van der Waals surface area contributed by atoms with E-state index in [-0.39, 0.29) is 24.5 Å². The Morgan fingerprint density at radius 3 is 2.97 bits per heavy atom. The van der Waals surface area contributed by atoms with E-state index in [9.17, 15) is 9.59 Å². The van der Waals surface area contributed by atoms with Crippen molar-refractivity contribution in [2.45, 2.75) is 51.2 Å². The summed E-state index contributed by atoms with van der Waals surface area (Å²) in [4.78, 5) is 34.1. The molecule has 29 heavy (non-hydrogen) atoms. The molecule has 0 spiro atoms. The van der Waals surface area contributed by atoms with E-state index in [2.05, 4.69) is 26.2 Å². The minimum absolute atomic E-state index is 0.0705. The van der Waals surface area contributed by atoms with Gasteiger partial charge in [-0.05, 0) is 50.2 Å². The molecule has 4 rings (SSSR count). The van der Waals surface area contributed by atoms with Gasteiger partial charge < -0.3 is 15.0 Å². The average molecular weight is 401 g/mol. The van der Waals surface area contributed by atoms with Gasteiger partial charge >= 0.3 is 0 Å². The van der Waals surface area contributed by atoms with Gasteiger partial charge in [0.25, 0.3) is 0 Å². The van der Waals surface area contributed by atoms with E-state index in [1.54, 1.807) is 0 Å². The highest BCUT2D eigenvalue weighted by atomic mass is 16.5. The molecule has 4 heterocycles. The van der Waals surface area contributed by atoms with Crippen molar-refractivity contribution >= 4 is 11.8 Å². The zero-order chi connectivity index (χ0) is 20.2. The van der Waals surface area contributed by atoms with Gasteiger partial charge in [0.05, 0.1) is 11.7 Å². The van der Waals surface area contributed by atoms with Crippen molar-refractivity contribution in [2.24, 2.45) is 11.8 Å². The van der Waals surface area contributed by atoms with Gasteiger partial charge in [0.1, 0.15) is 6.61 Å². The molecule has 2 bridgehead atoms. The molecule has 7 heteroatoms. The first-order valence-corrected chi connectivity index (χ1v) is 10.9. The second-order valence-electron chi connectivity index (χ2n) is 8.54. The van der Waals surface area contributed by atoms with Crippen molar-refractivity contribution in [1.29, 1.82) is 0 Å². The Labute approximate surface area is 172 Å². The second-order valence-corrected chi connectivity index (χ2v) is 8.54. The van der Waals surface area contributed by atoms with Crippen LogP contribution in [0.5, 0.6) is 0 Å². The lowest BCUT2D eigenvalue weighted by Gasteiger charge is -2.56. The van der Waals surface area contributed by atoms with Crippen molar-refractivity contribution in [1.82, 2.24) is 20.1 Å². The normalized spacial score (nSPS) is 29.4. The second kappa shape index (κ2) is 9.22. The van der Waals surface area contributed by atoms with E-state index in [1.807, 2.05) is 25.3 Å². The van der Waals surface area contributed by atoms with Crippen molar-refractivity contribution in [3.05, 3.63) is 30.1 Å². The summed E-state index contributed by atoms with van der Waals surface area (Å²) < 4.78 is 5.22. The zero-order valence-electron chi connectivity index (χ0n) is 17.3. The molecule has 3 aliphatic rings. The predicted octanol–water partition coefficient (Wildman–Crippen LogP) is 1.44. The van der Waals surface area contributed by atoms with E-state index in [0.29, 0.717) is 37.5 Å². The molecule has 1 N–H and O–H groups in total. The summed E-state index contributed by atoms with van der Waals surface area (Å²) in [7, 11) is 0. The van der Waals surface area contributed by atoms with Crippen molar-refractivity contribution in [3.8, 4) is 0 Å². The zero-order valence-corrected chi connectivity index (χ0v) is 17.3. The number of hydrogen-bond acceptors (Lipinski definition) is 5. The van der Waals surface area contributed by atoms with Crippen LogP contribution in [-0.4, -0.2) is 71.5 Å². The summed E-state index contributed by atoms with van der Waals surface area (Å²) in [5.41, 5.74) is 1.09. The van der Waals surface area contributed by atoms with Crippen LogP contribution in [0.15, 0.2) is 24.4 Å². The molecule has 0 saturated carbocycles. The van der Waals surface area contributed by atoms with Crippen LogP contribution in [0, 0.1) is 11.8 Å². The highest BCUT2D eigenvalue weighted by Crippen LogP contribution is 2.41. The van der Waals surface area contributed by atoms with Crippen molar-refractivity contribution in [2.75, 3.05) is 32.8 Å². The summed E-state index contributed by atoms with van der Waals surface area (Å²) in [6.45, 7) is 5.81. The molecule has 2 amide bonds. The Balaban J connectivity index is 1.47. The molecule has 3 fully saturated rings. The highest BCUT2D eigenvalue weighted by molar-refractivity contribution is 5.79. The van der Waals surface area contributed by atoms with E-state index in [0.717, 1.165) is 44.6 Å². The number of rotatable bonds is 7. The molecule has 1 aromatic heterocycles. The SMILES string of the molecule is CCOCC(=O)NC[C@H]1[C@H]2C[C@H](CN(Cc3ccccn3)C2)[C@@H]2CCCC(=O)N21. The first-order valence-electron chi connectivity index (χ1n) is 10.9. The summed E-state index contributed by atoms with van der Waals surface area (Å²) in [6, 6.07) is 6.42. The minimum atomic E-state index is -0.101. The number of aromatic nitrogens is 1. The number of hydrogen-bond donors (Lipinski definition) is 1. The fraction of sp³-hybridized carbons (Fsp3) is 0.682. The number of ether oxygens (including phenoxy) is 1. The van der Waals surface area contributed by atoms with E-state index < -0.39 is 0 Å². The summed E-state index contributed by atoms with van der Waals surface area (Å²) in [6.07, 6.45) is 5.67. The molecular weight excluding hydrogens is 368 g/mol. The van der Waals surface area contributed by atoms with E-state index >= 15 is 0 Å². The molecule has 0 aliphatic carbocycles. The Hall–Kier alpha value is -1.99. The third kappa shape index (κ3) is 4.61. The number of nitrogens with zero attached hydrogens (tertiary/aromatic N) is 3. The van der Waals surface area contributed by atoms with Crippen LogP contribution in [0.2, 0.25) is 0 Å². The first kappa shape index (κ1) is 20.3. The quantitative estimate of drug-likeness (QED) is 0.750. The Morgan fingerprint density at radius 1 is 1.31 bits per heavy atom. The number of pyridine rings is 1. The number of carbonyl (C=O) groups excluding carboxylic acids is 2. The average Bonchev–Trinajstić information content (AvgIpc) is 2.73. The number of nitrogens with one attached hydrogen (secondary N) is 1. The highest BCUT2D eigenvalue weighted by Gasteiger charge is 2.49. The molecule has 0 aromatic carbocycles. The van der Waals surface area contributed by atoms with Crippen molar-refractivity contribution in [3.63, 3.8) is 0 Å². The lowest BCUT2D eigenvalue weighted by atomic mass is 9.72. The molecule has 0 radical (unpaired) electrons. The van der Waals surface area contributed by atoms with Gasteiger partial charge in [0, 0.05) is 51.4 Å². The van der Waals surface area contributed by atoms with Gasteiger partial charge in [-0.3, -0.25) is 19.5 Å². The Morgan fingerprint density at radius 2 is 2.17 bits per heavy atom. The lowest BCUT2D eigenvalue weighted by molar-refractivity contribution is -0.153. The van der Waals surface area contributed by atoms with E-state index in [1.165, 1.54) is 0 Å². The van der Waals surface area contributed by atoms with Crippen LogP contribution in [0.4, 0.5) is 0 Å². The van der Waals surface area contributed by atoms with Crippen LogP contribution in [0.3, 0.4) is 0 Å². The number of carbonyl (C=O) groups is 2. The van der Waals surface area contributed by atoms with Crippen LogP contribution >= 0.6 is 0 Å². The molecule has 4 atom stereocenters. The Bertz CT molecular complexity index is 713. The molecular formula is C22H32N4O3. The molecule has 7 nitrogen and oxygen atoms in total.